The van der Waals surface area contributed by atoms with E-state index in [1.54, 1.807) is 9.47 Å². The number of hydrogen-bond acceptors (Lipinski definition) is 6. The second kappa shape index (κ2) is 10.4. The number of nitrogens with zero attached hydrogens (tertiary/aromatic N) is 3. The van der Waals surface area contributed by atoms with Crippen molar-refractivity contribution in [3.05, 3.63) is 63.1 Å². The van der Waals surface area contributed by atoms with Crippen LogP contribution in [-0.4, -0.2) is 51.8 Å². The first-order chi connectivity index (χ1) is 18.6. The molecule has 1 saturated heterocycles. The van der Waals surface area contributed by atoms with Crippen LogP contribution in [0.1, 0.15) is 85.3 Å². The van der Waals surface area contributed by atoms with E-state index >= 15 is 0 Å². The highest BCUT2D eigenvalue weighted by Crippen LogP contribution is 2.46. The van der Waals surface area contributed by atoms with Gasteiger partial charge in [-0.3, -0.25) is 14.4 Å². The lowest BCUT2D eigenvalue weighted by Crippen LogP contribution is -2.52. The second-order valence-corrected chi connectivity index (χ2v) is 10.6. The van der Waals surface area contributed by atoms with Crippen LogP contribution in [0.4, 0.5) is 8.78 Å². The van der Waals surface area contributed by atoms with Crippen LogP contribution in [-0.2, 0) is 11.4 Å². The lowest BCUT2D eigenvalue weighted by Gasteiger charge is -2.42. The van der Waals surface area contributed by atoms with Gasteiger partial charge in [0.2, 0.25) is 5.43 Å². The van der Waals surface area contributed by atoms with E-state index in [1.165, 1.54) is 12.3 Å². The molecule has 2 aromatic rings. The predicted molar refractivity (Wildman–Crippen MR) is 139 cm³/mol. The molecule has 0 aliphatic carbocycles. The van der Waals surface area contributed by atoms with E-state index in [2.05, 4.69) is 10.5 Å². The number of pyridine rings is 1. The average molecular weight is 543 g/mol. The average Bonchev–Trinajstić information content (AvgIpc) is 3.23. The molecule has 2 bridgehead atoms. The standard InChI is InChI=1S/C28H32F2N4O5/c1-4-5-10-38-25-23-27(37)33-15-22(28(9-8-17(33)3)12-16(2)32-39-28)34(23)14-20(24(25)35)26(36)31-13-18-6-7-19(29)11-21(18)30/h6-7,11,14,17,22H,4-5,8-10,12-13,15H2,1-3H3,(H,31,36)/t17-,22+,28+/m0/s1. The lowest BCUT2D eigenvalue weighted by molar-refractivity contribution is -0.0656. The van der Waals surface area contributed by atoms with Gasteiger partial charge in [-0.15, -0.1) is 0 Å². The first-order valence-corrected chi connectivity index (χ1v) is 13.3. The molecule has 0 unspecified atom stereocenters. The number of oxime groups is 1. The number of carbonyl (C=O) groups excluding carboxylic acids is 2. The van der Waals surface area contributed by atoms with Crippen molar-refractivity contribution in [2.75, 3.05) is 13.2 Å². The minimum Gasteiger partial charge on any atom is -0.487 e. The Morgan fingerprint density at radius 1 is 1.31 bits per heavy atom. The maximum Gasteiger partial charge on any atom is 0.274 e. The summed E-state index contributed by atoms with van der Waals surface area (Å²) in [5.74, 6) is -2.82. The van der Waals surface area contributed by atoms with Crippen LogP contribution in [0.2, 0.25) is 0 Å². The largest absolute Gasteiger partial charge is 0.487 e. The van der Waals surface area contributed by atoms with Gasteiger partial charge in [0, 0.05) is 43.4 Å². The zero-order valence-corrected chi connectivity index (χ0v) is 22.3. The molecule has 208 valence electrons. The lowest BCUT2D eigenvalue weighted by atomic mass is 9.84. The summed E-state index contributed by atoms with van der Waals surface area (Å²) in [6, 6.07) is 2.53. The van der Waals surface area contributed by atoms with Crippen LogP contribution in [0.25, 0.3) is 0 Å². The number of rotatable bonds is 7. The van der Waals surface area contributed by atoms with E-state index in [1.807, 2.05) is 20.8 Å². The van der Waals surface area contributed by atoms with Crippen molar-refractivity contribution >= 4 is 17.5 Å². The zero-order valence-electron chi connectivity index (χ0n) is 22.3. The van der Waals surface area contributed by atoms with E-state index in [4.69, 9.17) is 9.57 Å². The number of aromatic nitrogens is 1. The molecule has 0 radical (unpaired) electrons. The van der Waals surface area contributed by atoms with Crippen LogP contribution in [0, 0.1) is 11.6 Å². The summed E-state index contributed by atoms with van der Waals surface area (Å²) in [6.07, 6.45) is 4.71. The molecule has 4 heterocycles. The summed E-state index contributed by atoms with van der Waals surface area (Å²) in [6.45, 7) is 6.09. The van der Waals surface area contributed by atoms with Gasteiger partial charge in [-0.25, -0.2) is 8.78 Å². The second-order valence-electron chi connectivity index (χ2n) is 10.6. The van der Waals surface area contributed by atoms with E-state index in [0.717, 1.165) is 24.3 Å². The van der Waals surface area contributed by atoms with Crippen LogP contribution in [0.3, 0.4) is 0 Å². The fraction of sp³-hybridized carbons (Fsp3) is 0.500. The summed E-state index contributed by atoms with van der Waals surface area (Å²) < 4.78 is 35.0. The molecule has 5 rings (SSSR count). The fourth-order valence-corrected chi connectivity index (χ4v) is 5.66. The summed E-state index contributed by atoms with van der Waals surface area (Å²) >= 11 is 0. The van der Waals surface area contributed by atoms with E-state index in [0.29, 0.717) is 32.2 Å². The Hall–Kier alpha value is -3.76. The van der Waals surface area contributed by atoms with Crippen molar-refractivity contribution in [3.63, 3.8) is 0 Å². The van der Waals surface area contributed by atoms with Crippen molar-refractivity contribution in [2.24, 2.45) is 5.16 Å². The first kappa shape index (κ1) is 26.8. The maximum atomic E-state index is 14.2. The number of fused-ring (bicyclic) bond motifs is 5. The summed E-state index contributed by atoms with van der Waals surface area (Å²) in [5.41, 5.74) is -0.717. The first-order valence-electron chi connectivity index (χ1n) is 13.3. The van der Waals surface area contributed by atoms with E-state index in [9.17, 15) is 23.2 Å². The highest BCUT2D eigenvalue weighted by Gasteiger charge is 2.53. The topological polar surface area (TPSA) is 102 Å². The number of amides is 2. The molecule has 1 N–H and O–H groups in total. The van der Waals surface area contributed by atoms with E-state index in [-0.39, 0.29) is 47.7 Å². The normalized spacial score (nSPS) is 23.7. The molecule has 39 heavy (non-hydrogen) atoms. The minimum absolute atomic E-state index is 0.0664. The van der Waals surface area contributed by atoms with Crippen molar-refractivity contribution in [3.8, 4) is 5.75 Å². The van der Waals surface area contributed by atoms with Gasteiger partial charge in [-0.1, -0.05) is 24.6 Å². The Morgan fingerprint density at radius 2 is 2.10 bits per heavy atom. The van der Waals surface area contributed by atoms with E-state index < -0.39 is 34.6 Å². The van der Waals surface area contributed by atoms with Crippen molar-refractivity contribution < 1.29 is 27.9 Å². The van der Waals surface area contributed by atoms with Crippen molar-refractivity contribution in [1.82, 2.24) is 14.8 Å². The third-order valence-corrected chi connectivity index (χ3v) is 7.87. The Morgan fingerprint density at radius 3 is 2.79 bits per heavy atom. The van der Waals surface area contributed by atoms with Gasteiger partial charge in [-0.2, -0.15) is 0 Å². The Kier molecular flexibility index (Phi) is 7.17. The molecule has 0 saturated carbocycles. The monoisotopic (exact) mass is 542 g/mol. The molecular weight excluding hydrogens is 510 g/mol. The SMILES string of the molecule is CCCCOc1c2n(cc(C(=O)NCc3ccc(F)cc3F)c1=O)[C@@H]1CN(C2=O)[C@@H](C)CC[C@@]12CC(C)=NO2. The van der Waals surface area contributed by atoms with Crippen LogP contribution in [0.5, 0.6) is 5.75 Å². The summed E-state index contributed by atoms with van der Waals surface area (Å²) in [7, 11) is 0. The molecule has 1 fully saturated rings. The number of halogens is 2. The van der Waals surface area contributed by atoms with Crippen LogP contribution in [0.15, 0.2) is 34.3 Å². The summed E-state index contributed by atoms with van der Waals surface area (Å²) in [5, 5.41) is 6.77. The number of nitrogens with one attached hydrogen (secondary N) is 1. The zero-order chi connectivity index (χ0) is 27.9. The molecule has 1 aromatic heterocycles. The van der Waals surface area contributed by atoms with Crippen molar-refractivity contribution in [2.45, 2.75) is 77.1 Å². The molecule has 1 spiro atoms. The molecule has 1 aromatic carbocycles. The molecule has 9 nitrogen and oxygen atoms in total. The molecule has 3 atom stereocenters. The highest BCUT2D eigenvalue weighted by atomic mass is 19.1. The van der Waals surface area contributed by atoms with Gasteiger partial charge in [-0.05, 0) is 39.2 Å². The van der Waals surface area contributed by atoms with Gasteiger partial charge >= 0.3 is 0 Å². The smallest absolute Gasteiger partial charge is 0.274 e. The van der Waals surface area contributed by atoms with Crippen LogP contribution >= 0.6 is 0 Å². The fourth-order valence-electron chi connectivity index (χ4n) is 5.66. The predicted octanol–water partition coefficient (Wildman–Crippen LogP) is 3.95. The highest BCUT2D eigenvalue weighted by molar-refractivity contribution is 5.99. The molecule has 3 aliphatic rings. The number of carbonyl (C=O) groups is 2. The van der Waals surface area contributed by atoms with Gasteiger partial charge in [0.1, 0.15) is 17.2 Å². The molecule has 2 amide bonds. The van der Waals surface area contributed by atoms with Crippen molar-refractivity contribution in [1.29, 1.82) is 0 Å². The third kappa shape index (κ3) is 4.79. The Balaban J connectivity index is 1.59. The Bertz CT molecular complexity index is 1410. The Labute approximate surface area is 224 Å². The number of unbranched alkanes of at least 4 members (excludes halogenated alkanes) is 1. The molecular formula is C28H32F2N4O5. The number of benzene rings is 1. The minimum atomic E-state index is -0.810. The molecule has 11 heteroatoms. The van der Waals surface area contributed by atoms with Crippen LogP contribution < -0.4 is 15.5 Å². The maximum absolute atomic E-state index is 14.2. The number of ether oxygens (including phenoxy) is 1. The number of hydrogen-bond donors (Lipinski definition) is 1. The quantitative estimate of drug-likeness (QED) is 0.534. The molecule has 3 aliphatic heterocycles. The third-order valence-electron chi connectivity index (χ3n) is 7.87. The van der Waals surface area contributed by atoms with Gasteiger partial charge in [0.25, 0.3) is 11.8 Å². The van der Waals surface area contributed by atoms with Gasteiger partial charge in [0.05, 0.1) is 18.4 Å². The van der Waals surface area contributed by atoms with Gasteiger partial charge < -0.3 is 24.4 Å². The summed E-state index contributed by atoms with van der Waals surface area (Å²) in [4.78, 5) is 48.5. The van der Waals surface area contributed by atoms with Gasteiger partial charge in [0.15, 0.2) is 17.0 Å².